The molecule has 0 amide bonds. The van der Waals surface area contributed by atoms with Gasteiger partial charge >= 0.3 is 0 Å². The van der Waals surface area contributed by atoms with E-state index in [-0.39, 0.29) is 0 Å². The first-order valence-corrected chi connectivity index (χ1v) is 9.11. The van der Waals surface area contributed by atoms with Crippen LogP contribution in [0.15, 0.2) is 0 Å². The summed E-state index contributed by atoms with van der Waals surface area (Å²) in [6, 6.07) is 0. The molecule has 0 aliphatic heterocycles. The van der Waals surface area contributed by atoms with E-state index < -0.39 is 11.6 Å². The maximum absolute atomic E-state index is 6.21. The maximum Gasteiger partial charge on any atom is 0.223 e. The Hall–Kier alpha value is -0.160. The Morgan fingerprint density at radius 3 is 1.23 bits per heavy atom. The fourth-order valence-electron chi connectivity index (χ4n) is 2.39. The molecule has 0 bridgehead atoms. The first kappa shape index (κ1) is 21.8. The summed E-state index contributed by atoms with van der Waals surface area (Å²) in [5.41, 5.74) is 0. The van der Waals surface area contributed by atoms with E-state index in [1.54, 1.807) is 0 Å². The van der Waals surface area contributed by atoms with Gasteiger partial charge in [0.25, 0.3) is 0 Å². The zero-order valence-corrected chi connectivity index (χ0v) is 15.7. The number of rotatable bonds is 15. The lowest BCUT2D eigenvalue weighted by Crippen LogP contribution is -2.59. The first-order chi connectivity index (χ1) is 10.6. The van der Waals surface area contributed by atoms with Gasteiger partial charge in [-0.25, -0.2) is 0 Å². The molecule has 0 aromatic rings. The molecule has 4 heteroatoms. The minimum Gasteiger partial charge on any atom is -0.346 e. The first-order valence-electron chi connectivity index (χ1n) is 9.11. The van der Waals surface area contributed by atoms with Crippen LogP contribution in [-0.4, -0.2) is 38.0 Å². The van der Waals surface area contributed by atoms with E-state index in [1.165, 1.54) is 0 Å². The predicted octanol–water partition coefficient (Wildman–Crippen LogP) is 4.91. The summed E-state index contributed by atoms with van der Waals surface area (Å²) < 4.78 is 24.7. The lowest BCUT2D eigenvalue weighted by atomic mass is 10.0. The van der Waals surface area contributed by atoms with E-state index in [0.717, 1.165) is 38.5 Å². The van der Waals surface area contributed by atoms with Crippen molar-refractivity contribution in [3.63, 3.8) is 0 Å². The van der Waals surface area contributed by atoms with Crippen LogP contribution in [0.2, 0.25) is 0 Å². The van der Waals surface area contributed by atoms with Crippen LogP contribution in [0.1, 0.15) is 80.1 Å². The Bertz CT molecular complexity index is 239. The van der Waals surface area contributed by atoms with Gasteiger partial charge in [0.2, 0.25) is 11.6 Å². The highest BCUT2D eigenvalue weighted by atomic mass is 16.8. The van der Waals surface area contributed by atoms with Crippen LogP contribution in [0.4, 0.5) is 0 Å². The quantitative estimate of drug-likeness (QED) is 0.402. The smallest absolute Gasteiger partial charge is 0.223 e. The van der Waals surface area contributed by atoms with Crippen molar-refractivity contribution in [2.24, 2.45) is 0 Å². The lowest BCUT2D eigenvalue weighted by molar-refractivity contribution is -0.406. The Morgan fingerprint density at radius 2 is 0.909 bits per heavy atom. The molecule has 22 heavy (non-hydrogen) atoms. The molecule has 134 valence electrons. The molecule has 0 radical (unpaired) electrons. The topological polar surface area (TPSA) is 36.9 Å². The zero-order chi connectivity index (χ0) is 16.9. The normalized spacial score (nSPS) is 12.8. The van der Waals surface area contributed by atoms with Crippen molar-refractivity contribution in [3.05, 3.63) is 0 Å². The second kappa shape index (κ2) is 12.3. The second-order valence-electron chi connectivity index (χ2n) is 5.84. The van der Waals surface area contributed by atoms with Gasteiger partial charge in [0.15, 0.2) is 0 Å². The molecule has 0 saturated carbocycles. The minimum absolute atomic E-state index is 0.636. The largest absolute Gasteiger partial charge is 0.346 e. The van der Waals surface area contributed by atoms with Crippen LogP contribution in [0.5, 0.6) is 0 Å². The molecule has 0 atom stereocenters. The van der Waals surface area contributed by atoms with Crippen molar-refractivity contribution < 1.29 is 18.9 Å². The van der Waals surface area contributed by atoms with Crippen LogP contribution >= 0.6 is 0 Å². The summed E-state index contributed by atoms with van der Waals surface area (Å²) in [4.78, 5) is 0. The summed E-state index contributed by atoms with van der Waals surface area (Å²) in [7, 11) is 0. The molecule has 0 fully saturated rings. The summed E-state index contributed by atoms with van der Waals surface area (Å²) >= 11 is 0. The van der Waals surface area contributed by atoms with E-state index in [1.807, 2.05) is 6.92 Å². The molecule has 4 nitrogen and oxygen atoms in total. The van der Waals surface area contributed by atoms with Crippen molar-refractivity contribution >= 4 is 0 Å². The molecule has 0 aromatic carbocycles. The molecular formula is C18H38O4. The van der Waals surface area contributed by atoms with Crippen LogP contribution in [0.25, 0.3) is 0 Å². The molecule has 0 aromatic heterocycles. The summed E-state index contributed by atoms with van der Waals surface area (Å²) in [5, 5.41) is 0. The third-order valence-electron chi connectivity index (χ3n) is 3.51. The van der Waals surface area contributed by atoms with Gasteiger partial charge in [0.1, 0.15) is 0 Å². The zero-order valence-electron chi connectivity index (χ0n) is 15.7. The van der Waals surface area contributed by atoms with Crippen molar-refractivity contribution in [1.29, 1.82) is 0 Å². The maximum atomic E-state index is 6.21. The van der Waals surface area contributed by atoms with Gasteiger partial charge in [-0.2, -0.15) is 0 Å². The highest BCUT2D eigenvalue weighted by molar-refractivity contribution is 4.86. The van der Waals surface area contributed by atoms with Gasteiger partial charge in [-0.05, 0) is 32.6 Å². The molecule has 0 saturated heterocycles. The Balaban J connectivity index is 5.41. The van der Waals surface area contributed by atoms with Crippen LogP contribution in [-0.2, 0) is 18.9 Å². The highest BCUT2D eigenvalue weighted by Gasteiger charge is 2.52. The summed E-state index contributed by atoms with van der Waals surface area (Å²) in [6.45, 7) is 15.1. The number of hydrogen-bond donors (Lipinski definition) is 0. The fraction of sp³-hybridized carbons (Fsp3) is 1.00. The molecule has 0 aliphatic carbocycles. The summed E-state index contributed by atoms with van der Waals surface area (Å²) in [5.74, 6) is -1.71. The van der Waals surface area contributed by atoms with Gasteiger partial charge in [-0.3, -0.25) is 0 Å². The standard InChI is InChI=1S/C18H38O4/c1-7-12-18(21-15-10-4,22-16-11-5)17(6,19-13-8-2)20-14-9-3/h7-16H2,1-6H3. The number of ether oxygens (including phenoxy) is 4. The van der Waals surface area contributed by atoms with Gasteiger partial charge < -0.3 is 18.9 Å². The molecule has 0 N–H and O–H groups in total. The molecule has 0 unspecified atom stereocenters. The minimum atomic E-state index is -0.876. The number of hydrogen-bond acceptors (Lipinski definition) is 4. The van der Waals surface area contributed by atoms with E-state index in [9.17, 15) is 0 Å². The van der Waals surface area contributed by atoms with Crippen LogP contribution in [0.3, 0.4) is 0 Å². The Kier molecular flexibility index (Phi) is 12.2. The molecule has 0 rings (SSSR count). The Labute approximate surface area is 137 Å². The molecule has 0 spiro atoms. The van der Waals surface area contributed by atoms with Crippen molar-refractivity contribution in [2.45, 2.75) is 91.6 Å². The van der Waals surface area contributed by atoms with E-state index in [4.69, 9.17) is 18.9 Å². The van der Waals surface area contributed by atoms with Gasteiger partial charge in [0, 0.05) is 32.8 Å². The lowest BCUT2D eigenvalue weighted by Gasteiger charge is -2.46. The van der Waals surface area contributed by atoms with Crippen molar-refractivity contribution in [1.82, 2.24) is 0 Å². The van der Waals surface area contributed by atoms with Gasteiger partial charge in [-0.1, -0.05) is 41.0 Å². The fourth-order valence-corrected chi connectivity index (χ4v) is 2.39. The van der Waals surface area contributed by atoms with Gasteiger partial charge in [-0.15, -0.1) is 0 Å². The van der Waals surface area contributed by atoms with Crippen molar-refractivity contribution in [3.8, 4) is 0 Å². The Morgan fingerprint density at radius 1 is 0.545 bits per heavy atom. The monoisotopic (exact) mass is 318 g/mol. The van der Waals surface area contributed by atoms with E-state index in [0.29, 0.717) is 26.4 Å². The molecule has 0 aliphatic rings. The molecule has 0 heterocycles. The van der Waals surface area contributed by atoms with E-state index in [2.05, 4.69) is 34.6 Å². The third kappa shape index (κ3) is 6.53. The van der Waals surface area contributed by atoms with Crippen LogP contribution in [0, 0.1) is 0 Å². The second-order valence-corrected chi connectivity index (χ2v) is 5.84. The average molecular weight is 318 g/mol. The average Bonchev–Trinajstić information content (AvgIpc) is 2.53. The predicted molar refractivity (Wildman–Crippen MR) is 91.0 cm³/mol. The molecular weight excluding hydrogens is 280 g/mol. The third-order valence-corrected chi connectivity index (χ3v) is 3.51. The van der Waals surface area contributed by atoms with Crippen molar-refractivity contribution in [2.75, 3.05) is 26.4 Å². The highest BCUT2D eigenvalue weighted by Crippen LogP contribution is 2.37. The van der Waals surface area contributed by atoms with Crippen LogP contribution < -0.4 is 0 Å². The summed E-state index contributed by atoms with van der Waals surface area (Å²) in [6.07, 6.45) is 5.48. The van der Waals surface area contributed by atoms with E-state index >= 15 is 0 Å². The SMILES string of the molecule is CCCOC(C)(OCCC)C(CCC)(OCCC)OCCC. The van der Waals surface area contributed by atoms with Gasteiger partial charge in [0.05, 0.1) is 0 Å².